The molecule has 1 fully saturated rings. The summed E-state index contributed by atoms with van der Waals surface area (Å²) < 4.78 is 0. The molecule has 2 amide bonds. The van der Waals surface area contributed by atoms with Crippen LogP contribution in [0, 0.1) is 0 Å². The Morgan fingerprint density at radius 3 is 2.39 bits per heavy atom. The topological polar surface area (TPSA) is 72.9 Å². The Bertz CT molecular complexity index is 299. The standard InChI is InChI=1S/C12H23N3O3/c1-9(2)15(8-11(16)17)12(18)13-10-4-6-14(3)7-5-10/h9-10H,4-8H2,1-3H3,(H,13,18)(H,16,17). The van der Waals surface area contributed by atoms with Crippen LogP contribution in [0.1, 0.15) is 26.7 Å². The van der Waals surface area contributed by atoms with Gasteiger partial charge in [-0.15, -0.1) is 0 Å². The molecule has 2 N–H and O–H groups in total. The maximum Gasteiger partial charge on any atom is 0.323 e. The maximum absolute atomic E-state index is 12.0. The molecule has 6 nitrogen and oxygen atoms in total. The zero-order chi connectivity index (χ0) is 13.7. The van der Waals surface area contributed by atoms with Gasteiger partial charge in [0.05, 0.1) is 0 Å². The lowest BCUT2D eigenvalue weighted by molar-refractivity contribution is -0.138. The van der Waals surface area contributed by atoms with Gasteiger partial charge in [-0.2, -0.15) is 0 Å². The highest BCUT2D eigenvalue weighted by atomic mass is 16.4. The van der Waals surface area contributed by atoms with Crippen LogP contribution >= 0.6 is 0 Å². The molecule has 104 valence electrons. The number of likely N-dealkylation sites (tertiary alicyclic amines) is 1. The van der Waals surface area contributed by atoms with Gasteiger partial charge in [0.15, 0.2) is 0 Å². The number of nitrogens with zero attached hydrogens (tertiary/aromatic N) is 2. The van der Waals surface area contributed by atoms with Crippen LogP contribution in [0.3, 0.4) is 0 Å². The van der Waals surface area contributed by atoms with Gasteiger partial charge in [-0.05, 0) is 46.8 Å². The van der Waals surface area contributed by atoms with E-state index in [9.17, 15) is 9.59 Å². The van der Waals surface area contributed by atoms with Crippen molar-refractivity contribution in [2.75, 3.05) is 26.7 Å². The average Bonchev–Trinajstić information content (AvgIpc) is 2.28. The second-order valence-electron chi connectivity index (χ2n) is 5.14. The molecule has 1 aliphatic heterocycles. The number of rotatable bonds is 4. The molecule has 18 heavy (non-hydrogen) atoms. The van der Waals surface area contributed by atoms with Crippen LogP contribution in [0.25, 0.3) is 0 Å². The molecule has 0 aromatic rings. The van der Waals surface area contributed by atoms with E-state index in [0.717, 1.165) is 25.9 Å². The fraction of sp³-hybridized carbons (Fsp3) is 0.833. The van der Waals surface area contributed by atoms with E-state index in [4.69, 9.17) is 5.11 Å². The largest absolute Gasteiger partial charge is 0.480 e. The Labute approximate surface area is 108 Å². The van der Waals surface area contributed by atoms with Gasteiger partial charge < -0.3 is 20.2 Å². The van der Waals surface area contributed by atoms with E-state index in [-0.39, 0.29) is 24.7 Å². The van der Waals surface area contributed by atoms with Crippen molar-refractivity contribution in [3.63, 3.8) is 0 Å². The Kier molecular flexibility index (Phi) is 5.40. The lowest BCUT2D eigenvalue weighted by Gasteiger charge is -2.32. The van der Waals surface area contributed by atoms with Gasteiger partial charge >= 0.3 is 12.0 Å². The summed E-state index contributed by atoms with van der Waals surface area (Å²) in [6, 6.07) is -0.238. The molecule has 0 atom stereocenters. The molecule has 1 rings (SSSR count). The van der Waals surface area contributed by atoms with Gasteiger partial charge in [-0.1, -0.05) is 0 Å². The minimum Gasteiger partial charge on any atom is -0.480 e. The number of carboxylic acids is 1. The molecular weight excluding hydrogens is 234 g/mol. The molecule has 1 heterocycles. The number of hydrogen-bond acceptors (Lipinski definition) is 3. The molecule has 6 heteroatoms. The zero-order valence-corrected chi connectivity index (χ0v) is 11.3. The van der Waals surface area contributed by atoms with Gasteiger partial charge in [0.25, 0.3) is 0 Å². The Balaban J connectivity index is 2.48. The molecular formula is C12H23N3O3. The summed E-state index contributed by atoms with van der Waals surface area (Å²) in [6.07, 6.45) is 1.84. The molecule has 1 aliphatic rings. The van der Waals surface area contributed by atoms with Crippen molar-refractivity contribution in [1.82, 2.24) is 15.1 Å². The van der Waals surface area contributed by atoms with Crippen LogP contribution in [-0.4, -0.2) is 65.7 Å². The molecule has 0 radical (unpaired) electrons. The number of amides is 2. The van der Waals surface area contributed by atoms with Crippen molar-refractivity contribution in [2.45, 2.75) is 38.8 Å². The van der Waals surface area contributed by atoms with E-state index < -0.39 is 5.97 Å². The number of carbonyl (C=O) groups is 2. The summed E-state index contributed by atoms with van der Waals surface area (Å²) >= 11 is 0. The highest BCUT2D eigenvalue weighted by Crippen LogP contribution is 2.09. The van der Waals surface area contributed by atoms with Crippen LogP contribution < -0.4 is 5.32 Å². The third-order valence-electron chi connectivity index (χ3n) is 3.24. The van der Waals surface area contributed by atoms with E-state index in [2.05, 4.69) is 17.3 Å². The van der Waals surface area contributed by atoms with E-state index in [1.54, 1.807) is 0 Å². The molecule has 1 saturated heterocycles. The zero-order valence-electron chi connectivity index (χ0n) is 11.3. The molecule has 0 aliphatic carbocycles. The number of piperidine rings is 1. The van der Waals surface area contributed by atoms with Crippen LogP contribution in [0.2, 0.25) is 0 Å². The first kappa shape index (κ1) is 14.8. The fourth-order valence-corrected chi connectivity index (χ4v) is 2.05. The first-order valence-electron chi connectivity index (χ1n) is 6.37. The Morgan fingerprint density at radius 1 is 1.39 bits per heavy atom. The van der Waals surface area contributed by atoms with Crippen molar-refractivity contribution in [3.05, 3.63) is 0 Å². The molecule has 0 spiro atoms. The first-order chi connectivity index (χ1) is 8.40. The predicted octanol–water partition coefficient (Wildman–Crippen LogP) is 0.585. The predicted molar refractivity (Wildman–Crippen MR) is 68.5 cm³/mol. The van der Waals surface area contributed by atoms with Crippen molar-refractivity contribution in [1.29, 1.82) is 0 Å². The van der Waals surface area contributed by atoms with Crippen LogP contribution in [0.4, 0.5) is 4.79 Å². The van der Waals surface area contributed by atoms with Gasteiger partial charge in [0, 0.05) is 12.1 Å². The third kappa shape index (κ3) is 4.52. The Hall–Kier alpha value is -1.30. The Morgan fingerprint density at radius 2 is 1.94 bits per heavy atom. The number of hydrogen-bond donors (Lipinski definition) is 2. The van der Waals surface area contributed by atoms with Crippen LogP contribution in [-0.2, 0) is 4.79 Å². The minimum absolute atomic E-state index is 0.118. The first-order valence-corrected chi connectivity index (χ1v) is 6.37. The number of aliphatic carboxylic acids is 1. The second-order valence-corrected chi connectivity index (χ2v) is 5.14. The molecule has 0 unspecified atom stereocenters. The smallest absolute Gasteiger partial charge is 0.323 e. The molecule has 0 aromatic heterocycles. The molecule has 0 bridgehead atoms. The second kappa shape index (κ2) is 6.58. The third-order valence-corrected chi connectivity index (χ3v) is 3.24. The average molecular weight is 257 g/mol. The van der Waals surface area contributed by atoms with Gasteiger partial charge in [-0.3, -0.25) is 4.79 Å². The van der Waals surface area contributed by atoms with Crippen molar-refractivity contribution in [3.8, 4) is 0 Å². The van der Waals surface area contributed by atoms with Crippen LogP contribution in [0.15, 0.2) is 0 Å². The lowest BCUT2D eigenvalue weighted by Crippen LogP contribution is -2.51. The van der Waals surface area contributed by atoms with Gasteiger partial charge in [-0.25, -0.2) is 4.79 Å². The summed E-state index contributed by atoms with van der Waals surface area (Å²) in [7, 11) is 2.06. The number of carbonyl (C=O) groups excluding carboxylic acids is 1. The summed E-state index contributed by atoms with van der Waals surface area (Å²) in [5.74, 6) is -0.984. The summed E-state index contributed by atoms with van der Waals surface area (Å²) in [6.45, 7) is 5.31. The van der Waals surface area contributed by atoms with E-state index in [0.29, 0.717) is 0 Å². The highest BCUT2D eigenvalue weighted by molar-refractivity contribution is 5.80. The van der Waals surface area contributed by atoms with Crippen molar-refractivity contribution in [2.24, 2.45) is 0 Å². The maximum atomic E-state index is 12.0. The minimum atomic E-state index is -0.984. The molecule has 0 aromatic carbocycles. The highest BCUT2D eigenvalue weighted by Gasteiger charge is 2.24. The number of urea groups is 1. The summed E-state index contributed by atoms with van der Waals surface area (Å²) in [4.78, 5) is 26.3. The quantitative estimate of drug-likeness (QED) is 0.773. The van der Waals surface area contributed by atoms with Gasteiger partial charge in [0.2, 0.25) is 0 Å². The van der Waals surface area contributed by atoms with E-state index >= 15 is 0 Å². The van der Waals surface area contributed by atoms with E-state index in [1.165, 1.54) is 4.90 Å². The normalized spacial score (nSPS) is 17.8. The molecule has 0 saturated carbocycles. The van der Waals surface area contributed by atoms with Crippen molar-refractivity contribution >= 4 is 12.0 Å². The lowest BCUT2D eigenvalue weighted by atomic mass is 10.1. The van der Waals surface area contributed by atoms with Gasteiger partial charge in [0.1, 0.15) is 6.54 Å². The summed E-state index contributed by atoms with van der Waals surface area (Å²) in [5, 5.41) is 11.7. The van der Waals surface area contributed by atoms with E-state index in [1.807, 2.05) is 13.8 Å². The summed E-state index contributed by atoms with van der Waals surface area (Å²) in [5.41, 5.74) is 0. The van der Waals surface area contributed by atoms with Crippen LogP contribution in [0.5, 0.6) is 0 Å². The van der Waals surface area contributed by atoms with Crippen molar-refractivity contribution < 1.29 is 14.7 Å². The fourth-order valence-electron chi connectivity index (χ4n) is 2.05. The number of nitrogens with one attached hydrogen (secondary N) is 1. The SMILES string of the molecule is CC(C)N(CC(=O)O)C(=O)NC1CCN(C)CC1. The monoisotopic (exact) mass is 257 g/mol. The number of carboxylic acid groups (broad SMARTS) is 1.